The molecule has 0 saturated heterocycles. The van der Waals surface area contributed by atoms with E-state index in [1.165, 1.54) is 22.4 Å². The summed E-state index contributed by atoms with van der Waals surface area (Å²) in [6.45, 7) is 7.49. The van der Waals surface area contributed by atoms with E-state index in [0.29, 0.717) is 12.0 Å². The monoisotopic (exact) mass is 253 g/mol. The molecule has 1 aromatic carbocycles. The van der Waals surface area contributed by atoms with Gasteiger partial charge in [-0.2, -0.15) is 0 Å². The summed E-state index contributed by atoms with van der Waals surface area (Å²) in [4.78, 5) is 9.03. The van der Waals surface area contributed by atoms with E-state index in [9.17, 15) is 0 Å². The van der Waals surface area contributed by atoms with Crippen LogP contribution in [-0.4, -0.2) is 16.5 Å². The number of aryl methyl sites for hydroxylation is 1. The lowest BCUT2D eigenvalue weighted by atomic mass is 9.89. The summed E-state index contributed by atoms with van der Waals surface area (Å²) < 4.78 is 0. The van der Waals surface area contributed by atoms with Crippen LogP contribution >= 0.6 is 0 Å². The Labute approximate surface area is 114 Å². The third kappa shape index (κ3) is 2.15. The van der Waals surface area contributed by atoms with Gasteiger partial charge in [0.1, 0.15) is 6.33 Å². The molecule has 0 spiro atoms. The van der Waals surface area contributed by atoms with Crippen molar-refractivity contribution in [2.45, 2.75) is 32.7 Å². The molecule has 1 N–H and O–H groups in total. The van der Waals surface area contributed by atoms with Gasteiger partial charge in [0, 0.05) is 29.6 Å². The zero-order chi connectivity index (χ0) is 13.4. The highest BCUT2D eigenvalue weighted by Crippen LogP contribution is 2.34. The third-order valence-corrected chi connectivity index (χ3v) is 3.87. The molecule has 19 heavy (non-hydrogen) atoms. The number of rotatable bonds is 1. The summed E-state index contributed by atoms with van der Waals surface area (Å²) >= 11 is 0. The second kappa shape index (κ2) is 4.74. The maximum Gasteiger partial charge on any atom is 0.116 e. The summed E-state index contributed by atoms with van der Waals surface area (Å²) in [7, 11) is 0. The third-order valence-electron chi connectivity index (χ3n) is 3.87. The van der Waals surface area contributed by atoms with Crippen molar-refractivity contribution >= 4 is 0 Å². The van der Waals surface area contributed by atoms with Crippen molar-refractivity contribution in [1.82, 2.24) is 15.3 Å². The van der Waals surface area contributed by atoms with E-state index in [2.05, 4.69) is 60.3 Å². The number of benzene rings is 1. The Morgan fingerprint density at radius 1 is 1.11 bits per heavy atom. The highest BCUT2D eigenvalue weighted by Gasteiger charge is 2.26. The fraction of sp³-hybridized carbons (Fsp3) is 0.375. The fourth-order valence-electron chi connectivity index (χ4n) is 2.72. The lowest BCUT2D eigenvalue weighted by Gasteiger charge is -2.29. The molecule has 0 bridgehead atoms. The van der Waals surface area contributed by atoms with Gasteiger partial charge >= 0.3 is 0 Å². The molecule has 3 nitrogen and oxygen atoms in total. The highest BCUT2D eigenvalue weighted by molar-refractivity contribution is 5.65. The molecule has 0 fully saturated rings. The van der Waals surface area contributed by atoms with E-state index in [1.807, 2.05) is 0 Å². The van der Waals surface area contributed by atoms with Gasteiger partial charge in [0.05, 0.1) is 11.4 Å². The molecule has 3 rings (SSSR count). The van der Waals surface area contributed by atoms with Gasteiger partial charge in [0.15, 0.2) is 0 Å². The quantitative estimate of drug-likeness (QED) is 0.848. The molecule has 0 saturated carbocycles. The lowest BCUT2D eigenvalue weighted by molar-refractivity contribution is 0.483. The standard InChI is InChI=1S/C16H19N3/c1-10-4-6-13(7-5-10)16-14-12(3)17-8-11(2)15(14)18-9-19-16/h4-7,9,11-12,17H,8H2,1-3H3. The molecule has 2 aromatic rings. The second-order valence-electron chi connectivity index (χ2n) is 5.42. The molecule has 1 aliphatic heterocycles. The maximum atomic E-state index is 4.53. The number of aromatic nitrogens is 2. The summed E-state index contributed by atoms with van der Waals surface area (Å²) in [5, 5.41) is 3.53. The first-order chi connectivity index (χ1) is 9.16. The first-order valence-corrected chi connectivity index (χ1v) is 6.82. The molecule has 2 unspecified atom stereocenters. The molecule has 0 radical (unpaired) electrons. The summed E-state index contributed by atoms with van der Waals surface area (Å²) in [6, 6.07) is 8.86. The molecule has 1 aliphatic rings. The van der Waals surface area contributed by atoms with Gasteiger partial charge in [-0.1, -0.05) is 36.8 Å². The van der Waals surface area contributed by atoms with Crippen molar-refractivity contribution in [1.29, 1.82) is 0 Å². The smallest absolute Gasteiger partial charge is 0.116 e. The highest BCUT2D eigenvalue weighted by atomic mass is 15.0. The minimum Gasteiger partial charge on any atom is -0.309 e. The Morgan fingerprint density at radius 3 is 2.58 bits per heavy atom. The topological polar surface area (TPSA) is 37.8 Å². The van der Waals surface area contributed by atoms with Crippen LogP contribution in [0, 0.1) is 6.92 Å². The Balaban J connectivity index is 2.17. The van der Waals surface area contributed by atoms with Gasteiger partial charge < -0.3 is 5.32 Å². The van der Waals surface area contributed by atoms with Crippen molar-refractivity contribution in [3.63, 3.8) is 0 Å². The molecule has 0 amide bonds. The lowest BCUT2D eigenvalue weighted by Crippen LogP contribution is -2.32. The largest absolute Gasteiger partial charge is 0.309 e. The summed E-state index contributed by atoms with van der Waals surface area (Å²) in [5.41, 5.74) is 5.96. The van der Waals surface area contributed by atoms with Gasteiger partial charge in [0.25, 0.3) is 0 Å². The van der Waals surface area contributed by atoms with Crippen molar-refractivity contribution in [2.24, 2.45) is 0 Å². The van der Waals surface area contributed by atoms with Crippen LogP contribution in [0.25, 0.3) is 11.3 Å². The number of fused-ring (bicyclic) bond motifs is 1. The van der Waals surface area contributed by atoms with Crippen LogP contribution in [-0.2, 0) is 0 Å². The van der Waals surface area contributed by atoms with Crippen LogP contribution < -0.4 is 5.32 Å². The van der Waals surface area contributed by atoms with Crippen molar-refractivity contribution in [2.75, 3.05) is 6.54 Å². The van der Waals surface area contributed by atoms with Gasteiger partial charge in [0.2, 0.25) is 0 Å². The van der Waals surface area contributed by atoms with Crippen molar-refractivity contribution in [3.8, 4) is 11.3 Å². The van der Waals surface area contributed by atoms with Crippen LogP contribution in [0.1, 0.15) is 42.6 Å². The molecule has 3 heteroatoms. The van der Waals surface area contributed by atoms with E-state index in [0.717, 1.165) is 12.2 Å². The summed E-state index contributed by atoms with van der Waals surface area (Å²) in [6.07, 6.45) is 1.70. The van der Waals surface area contributed by atoms with Crippen molar-refractivity contribution in [3.05, 3.63) is 47.4 Å². The molecule has 1 aromatic heterocycles. The number of hydrogen-bond acceptors (Lipinski definition) is 3. The van der Waals surface area contributed by atoms with Gasteiger partial charge in [-0.25, -0.2) is 9.97 Å². The molecule has 98 valence electrons. The zero-order valence-electron chi connectivity index (χ0n) is 11.6. The minimum absolute atomic E-state index is 0.309. The summed E-state index contributed by atoms with van der Waals surface area (Å²) in [5.74, 6) is 0.443. The number of nitrogens with zero attached hydrogens (tertiary/aromatic N) is 2. The van der Waals surface area contributed by atoms with E-state index >= 15 is 0 Å². The Kier molecular flexibility index (Phi) is 3.07. The van der Waals surface area contributed by atoms with Crippen LogP contribution in [0.4, 0.5) is 0 Å². The maximum absolute atomic E-state index is 4.53. The average molecular weight is 253 g/mol. The predicted octanol–water partition coefficient (Wildman–Crippen LogP) is 3.22. The molecule has 2 atom stereocenters. The fourth-order valence-corrected chi connectivity index (χ4v) is 2.72. The Bertz CT molecular complexity index is 589. The molecule has 0 aliphatic carbocycles. The normalized spacial score (nSPS) is 22.1. The van der Waals surface area contributed by atoms with Gasteiger partial charge in [-0.05, 0) is 13.8 Å². The average Bonchev–Trinajstić information content (AvgIpc) is 2.43. The molecular weight excluding hydrogens is 234 g/mol. The zero-order valence-corrected chi connectivity index (χ0v) is 11.6. The van der Waals surface area contributed by atoms with E-state index in [-0.39, 0.29) is 0 Å². The first-order valence-electron chi connectivity index (χ1n) is 6.82. The van der Waals surface area contributed by atoms with Gasteiger partial charge in [-0.15, -0.1) is 0 Å². The number of hydrogen-bond donors (Lipinski definition) is 1. The van der Waals surface area contributed by atoms with E-state index in [4.69, 9.17) is 0 Å². The predicted molar refractivity (Wildman–Crippen MR) is 77.0 cm³/mol. The van der Waals surface area contributed by atoms with E-state index < -0.39 is 0 Å². The Hall–Kier alpha value is -1.74. The van der Waals surface area contributed by atoms with Crippen LogP contribution in [0.5, 0.6) is 0 Å². The van der Waals surface area contributed by atoms with Crippen LogP contribution in [0.15, 0.2) is 30.6 Å². The minimum atomic E-state index is 0.309. The van der Waals surface area contributed by atoms with Crippen molar-refractivity contribution < 1.29 is 0 Å². The first kappa shape index (κ1) is 12.3. The molecular formula is C16H19N3. The van der Waals surface area contributed by atoms with Crippen LogP contribution in [0.2, 0.25) is 0 Å². The van der Waals surface area contributed by atoms with Crippen LogP contribution in [0.3, 0.4) is 0 Å². The molecule has 2 heterocycles. The SMILES string of the molecule is Cc1ccc(-c2ncnc3c2C(C)NCC3C)cc1. The Morgan fingerprint density at radius 2 is 1.84 bits per heavy atom. The second-order valence-corrected chi connectivity index (χ2v) is 5.42. The van der Waals surface area contributed by atoms with E-state index in [1.54, 1.807) is 6.33 Å². The van der Waals surface area contributed by atoms with Gasteiger partial charge in [-0.3, -0.25) is 0 Å². The number of nitrogens with one attached hydrogen (secondary N) is 1.